The molecule has 1 aromatic carbocycles. The number of sulfonamides is 1. The fourth-order valence-electron chi connectivity index (χ4n) is 2.87. The molecular formula is C15H23ClN2O2S. The standard InChI is InChI=1S/C15H23ClN2O2S/c1-3-13-6-4-5-9-18(13)21(19,20)14-7-8-15(16)12(10-14)11-17-2/h7-8,10,13,17H,3-6,9,11H2,1-2H3. The quantitative estimate of drug-likeness (QED) is 0.902. The van der Waals surface area contributed by atoms with Crippen LogP contribution in [0.5, 0.6) is 0 Å². The van der Waals surface area contributed by atoms with Crippen molar-refractivity contribution in [2.24, 2.45) is 0 Å². The van der Waals surface area contributed by atoms with Gasteiger partial charge in [-0.25, -0.2) is 8.42 Å². The lowest BCUT2D eigenvalue weighted by Gasteiger charge is -2.34. The summed E-state index contributed by atoms with van der Waals surface area (Å²) in [5.74, 6) is 0. The molecule has 1 N–H and O–H groups in total. The molecule has 1 aliphatic rings. The first-order chi connectivity index (χ1) is 10.0. The van der Waals surface area contributed by atoms with Crippen molar-refractivity contribution in [2.45, 2.75) is 50.1 Å². The van der Waals surface area contributed by atoms with Gasteiger partial charge in [-0.3, -0.25) is 0 Å². The van der Waals surface area contributed by atoms with Gasteiger partial charge in [0.05, 0.1) is 4.90 Å². The molecule has 1 heterocycles. The molecule has 1 saturated heterocycles. The SMILES string of the molecule is CCC1CCCCN1S(=O)(=O)c1ccc(Cl)c(CNC)c1. The number of rotatable bonds is 5. The smallest absolute Gasteiger partial charge is 0.243 e. The third-order valence-electron chi connectivity index (χ3n) is 4.04. The Bertz CT molecular complexity index is 589. The summed E-state index contributed by atoms with van der Waals surface area (Å²) in [7, 11) is -1.62. The Hall–Kier alpha value is -0.620. The highest BCUT2D eigenvalue weighted by Gasteiger charge is 2.32. The molecule has 1 aromatic rings. The Morgan fingerprint density at radius 1 is 1.38 bits per heavy atom. The predicted octanol–water partition coefficient (Wildman–Crippen LogP) is 3.01. The van der Waals surface area contributed by atoms with Crippen molar-refractivity contribution in [3.63, 3.8) is 0 Å². The van der Waals surface area contributed by atoms with E-state index < -0.39 is 10.0 Å². The third kappa shape index (κ3) is 3.59. The van der Waals surface area contributed by atoms with E-state index in [0.717, 1.165) is 31.2 Å². The minimum Gasteiger partial charge on any atom is -0.316 e. The number of nitrogens with zero attached hydrogens (tertiary/aromatic N) is 1. The fourth-order valence-corrected chi connectivity index (χ4v) is 4.87. The maximum atomic E-state index is 12.9. The van der Waals surface area contributed by atoms with Gasteiger partial charge in [0.15, 0.2) is 0 Å². The Balaban J connectivity index is 2.36. The molecule has 6 heteroatoms. The van der Waals surface area contributed by atoms with E-state index in [9.17, 15) is 8.42 Å². The van der Waals surface area contributed by atoms with Crippen LogP contribution in [-0.4, -0.2) is 32.4 Å². The van der Waals surface area contributed by atoms with Crippen molar-refractivity contribution in [1.29, 1.82) is 0 Å². The molecule has 1 fully saturated rings. The maximum Gasteiger partial charge on any atom is 0.243 e. The summed E-state index contributed by atoms with van der Waals surface area (Å²) in [6.07, 6.45) is 3.85. The van der Waals surface area contributed by atoms with E-state index in [0.29, 0.717) is 23.0 Å². The fraction of sp³-hybridized carbons (Fsp3) is 0.600. The van der Waals surface area contributed by atoms with Gasteiger partial charge < -0.3 is 5.32 Å². The maximum absolute atomic E-state index is 12.9. The number of hydrogen-bond acceptors (Lipinski definition) is 3. The van der Waals surface area contributed by atoms with E-state index in [2.05, 4.69) is 5.32 Å². The van der Waals surface area contributed by atoms with Crippen molar-refractivity contribution < 1.29 is 8.42 Å². The van der Waals surface area contributed by atoms with Crippen LogP contribution in [0.4, 0.5) is 0 Å². The summed E-state index contributed by atoms with van der Waals surface area (Å²) in [5, 5.41) is 3.60. The van der Waals surface area contributed by atoms with Crippen LogP contribution >= 0.6 is 11.6 Å². The molecule has 4 nitrogen and oxygen atoms in total. The molecule has 21 heavy (non-hydrogen) atoms. The average Bonchev–Trinajstić information content (AvgIpc) is 2.49. The summed E-state index contributed by atoms with van der Waals surface area (Å²) in [6.45, 7) is 3.22. The summed E-state index contributed by atoms with van der Waals surface area (Å²) < 4.78 is 27.4. The van der Waals surface area contributed by atoms with E-state index in [1.54, 1.807) is 22.5 Å². The number of halogens is 1. The Kier molecular flexibility index (Phi) is 5.66. The Morgan fingerprint density at radius 2 is 2.14 bits per heavy atom. The average molecular weight is 331 g/mol. The van der Waals surface area contributed by atoms with E-state index in [1.165, 1.54) is 0 Å². The molecule has 0 saturated carbocycles. The van der Waals surface area contributed by atoms with Gasteiger partial charge >= 0.3 is 0 Å². The lowest BCUT2D eigenvalue weighted by molar-refractivity contribution is 0.246. The van der Waals surface area contributed by atoms with Gasteiger partial charge in [-0.2, -0.15) is 4.31 Å². The molecule has 1 aliphatic heterocycles. The molecular weight excluding hydrogens is 308 g/mol. The minimum atomic E-state index is -3.43. The molecule has 1 atom stereocenters. The second-order valence-electron chi connectivity index (χ2n) is 5.46. The number of nitrogens with one attached hydrogen (secondary N) is 1. The predicted molar refractivity (Wildman–Crippen MR) is 86.0 cm³/mol. The van der Waals surface area contributed by atoms with E-state index in [4.69, 9.17) is 11.6 Å². The lowest BCUT2D eigenvalue weighted by Crippen LogP contribution is -2.43. The second kappa shape index (κ2) is 7.09. The number of benzene rings is 1. The molecule has 0 aromatic heterocycles. The van der Waals surface area contributed by atoms with Crippen molar-refractivity contribution in [3.05, 3.63) is 28.8 Å². The first-order valence-electron chi connectivity index (χ1n) is 7.45. The zero-order valence-electron chi connectivity index (χ0n) is 12.6. The van der Waals surface area contributed by atoms with E-state index in [-0.39, 0.29) is 6.04 Å². The van der Waals surface area contributed by atoms with Crippen LogP contribution in [0.15, 0.2) is 23.1 Å². The zero-order valence-corrected chi connectivity index (χ0v) is 14.2. The lowest BCUT2D eigenvalue weighted by atomic mass is 10.0. The van der Waals surface area contributed by atoms with Crippen LogP contribution < -0.4 is 5.32 Å². The molecule has 0 amide bonds. The number of hydrogen-bond donors (Lipinski definition) is 1. The van der Waals surface area contributed by atoms with E-state index >= 15 is 0 Å². The molecule has 0 radical (unpaired) electrons. The monoisotopic (exact) mass is 330 g/mol. The highest BCUT2D eigenvalue weighted by atomic mass is 35.5. The molecule has 1 unspecified atom stereocenters. The van der Waals surface area contributed by atoms with Crippen LogP contribution in [0.25, 0.3) is 0 Å². The van der Waals surface area contributed by atoms with Gasteiger partial charge in [-0.05, 0) is 50.1 Å². The van der Waals surface area contributed by atoms with Gasteiger partial charge in [0.1, 0.15) is 0 Å². The van der Waals surface area contributed by atoms with Crippen LogP contribution in [0.3, 0.4) is 0 Å². The number of piperidine rings is 1. The van der Waals surface area contributed by atoms with Gasteiger partial charge in [0.25, 0.3) is 0 Å². The molecule has 0 spiro atoms. The van der Waals surface area contributed by atoms with Gasteiger partial charge in [-0.15, -0.1) is 0 Å². The summed E-state index contributed by atoms with van der Waals surface area (Å²) in [4.78, 5) is 0.345. The normalized spacial score (nSPS) is 20.6. The topological polar surface area (TPSA) is 49.4 Å². The van der Waals surface area contributed by atoms with Gasteiger partial charge in [0.2, 0.25) is 10.0 Å². The van der Waals surface area contributed by atoms with Gasteiger partial charge in [0, 0.05) is 24.2 Å². The van der Waals surface area contributed by atoms with Gasteiger partial charge in [-0.1, -0.05) is 24.9 Å². The molecule has 2 rings (SSSR count). The van der Waals surface area contributed by atoms with Crippen molar-refractivity contribution >= 4 is 21.6 Å². The van der Waals surface area contributed by atoms with Crippen LogP contribution in [0.1, 0.15) is 38.2 Å². The Morgan fingerprint density at radius 3 is 2.81 bits per heavy atom. The van der Waals surface area contributed by atoms with E-state index in [1.807, 2.05) is 14.0 Å². The van der Waals surface area contributed by atoms with Crippen LogP contribution in [0.2, 0.25) is 5.02 Å². The second-order valence-corrected chi connectivity index (χ2v) is 7.75. The highest BCUT2D eigenvalue weighted by molar-refractivity contribution is 7.89. The summed E-state index contributed by atoms with van der Waals surface area (Å²) in [5.41, 5.74) is 0.810. The largest absolute Gasteiger partial charge is 0.316 e. The first-order valence-corrected chi connectivity index (χ1v) is 9.27. The molecule has 0 bridgehead atoms. The minimum absolute atomic E-state index is 0.118. The van der Waals surface area contributed by atoms with Crippen LogP contribution in [0, 0.1) is 0 Å². The molecule has 0 aliphatic carbocycles. The first kappa shape index (κ1) is 16.7. The van der Waals surface area contributed by atoms with Crippen molar-refractivity contribution in [2.75, 3.05) is 13.6 Å². The summed E-state index contributed by atoms with van der Waals surface area (Å²) in [6, 6.07) is 5.09. The third-order valence-corrected chi connectivity index (χ3v) is 6.35. The Labute approximate surface area is 132 Å². The zero-order chi connectivity index (χ0) is 15.5. The van der Waals surface area contributed by atoms with Crippen molar-refractivity contribution in [1.82, 2.24) is 9.62 Å². The molecule has 118 valence electrons. The summed E-state index contributed by atoms with van der Waals surface area (Å²) >= 11 is 6.12. The highest BCUT2D eigenvalue weighted by Crippen LogP contribution is 2.29. The van der Waals surface area contributed by atoms with Crippen LogP contribution in [-0.2, 0) is 16.6 Å². The van der Waals surface area contributed by atoms with Crippen molar-refractivity contribution in [3.8, 4) is 0 Å².